The molecule has 0 aliphatic carbocycles. The van der Waals surface area contributed by atoms with Gasteiger partial charge in [-0.2, -0.15) is 5.26 Å². The first-order valence-corrected chi connectivity index (χ1v) is 8.74. The SMILES string of the molecule is C[C@@H](NC(=O)/C=C\c1ccccc1)C(=O)NNC(=O)COc1ccccc1C#N. The lowest BCUT2D eigenvalue weighted by Gasteiger charge is -2.14. The van der Waals surface area contributed by atoms with E-state index in [0.29, 0.717) is 5.56 Å². The second kappa shape index (κ2) is 10.9. The molecule has 0 heterocycles. The summed E-state index contributed by atoms with van der Waals surface area (Å²) in [5.41, 5.74) is 5.54. The number of amides is 3. The van der Waals surface area contributed by atoms with Gasteiger partial charge in [-0.15, -0.1) is 0 Å². The van der Waals surface area contributed by atoms with E-state index in [1.165, 1.54) is 13.0 Å². The number of para-hydroxylation sites is 1. The van der Waals surface area contributed by atoms with Crippen molar-refractivity contribution in [3.05, 3.63) is 71.8 Å². The van der Waals surface area contributed by atoms with Crippen LogP contribution in [0.15, 0.2) is 60.7 Å². The van der Waals surface area contributed by atoms with E-state index in [-0.39, 0.29) is 12.4 Å². The molecule has 0 aliphatic rings. The minimum absolute atomic E-state index is 0.266. The van der Waals surface area contributed by atoms with Crippen molar-refractivity contribution in [2.45, 2.75) is 13.0 Å². The fourth-order valence-electron chi connectivity index (χ4n) is 2.17. The topological polar surface area (TPSA) is 120 Å². The summed E-state index contributed by atoms with van der Waals surface area (Å²) in [6.07, 6.45) is 2.94. The zero-order valence-corrected chi connectivity index (χ0v) is 15.7. The van der Waals surface area contributed by atoms with E-state index in [9.17, 15) is 14.4 Å². The molecule has 0 spiro atoms. The van der Waals surface area contributed by atoms with Crippen molar-refractivity contribution in [3.8, 4) is 11.8 Å². The molecule has 0 bridgehead atoms. The molecule has 2 rings (SSSR count). The number of nitrogens with one attached hydrogen (secondary N) is 3. The summed E-state index contributed by atoms with van der Waals surface area (Å²) >= 11 is 0. The maximum absolute atomic E-state index is 12.0. The summed E-state index contributed by atoms with van der Waals surface area (Å²) in [5, 5.41) is 11.5. The summed E-state index contributed by atoms with van der Waals surface area (Å²) in [5.74, 6) is -1.40. The molecule has 0 fully saturated rings. The minimum Gasteiger partial charge on any atom is -0.482 e. The lowest BCUT2D eigenvalue weighted by atomic mass is 10.2. The number of carbonyl (C=O) groups excluding carboxylic acids is 3. The number of nitriles is 1. The Morgan fingerprint density at radius 3 is 2.48 bits per heavy atom. The van der Waals surface area contributed by atoms with Gasteiger partial charge in [-0.1, -0.05) is 42.5 Å². The molecule has 3 amide bonds. The Bertz CT molecular complexity index is 935. The van der Waals surface area contributed by atoms with Crippen molar-refractivity contribution < 1.29 is 19.1 Å². The lowest BCUT2D eigenvalue weighted by molar-refractivity contribution is -0.131. The first kappa shape index (κ1) is 21.2. The third kappa shape index (κ3) is 7.19. The van der Waals surface area contributed by atoms with Crippen molar-refractivity contribution in [3.63, 3.8) is 0 Å². The molecule has 148 valence electrons. The monoisotopic (exact) mass is 392 g/mol. The number of hydrazine groups is 1. The van der Waals surface area contributed by atoms with Gasteiger partial charge in [-0.3, -0.25) is 25.2 Å². The summed E-state index contributed by atoms with van der Waals surface area (Å²) in [4.78, 5) is 35.7. The lowest BCUT2D eigenvalue weighted by Crippen LogP contribution is -2.51. The van der Waals surface area contributed by atoms with Crippen LogP contribution in [-0.4, -0.2) is 30.4 Å². The number of ether oxygens (including phenoxy) is 1. The van der Waals surface area contributed by atoms with Crippen LogP contribution < -0.4 is 20.9 Å². The van der Waals surface area contributed by atoms with Gasteiger partial charge in [0.2, 0.25) is 5.91 Å². The molecule has 0 aromatic heterocycles. The Morgan fingerprint density at radius 2 is 1.76 bits per heavy atom. The van der Waals surface area contributed by atoms with Crippen LogP contribution in [-0.2, 0) is 14.4 Å². The molecular weight excluding hydrogens is 372 g/mol. The fourth-order valence-corrected chi connectivity index (χ4v) is 2.17. The van der Waals surface area contributed by atoms with Gasteiger partial charge in [-0.25, -0.2) is 0 Å². The van der Waals surface area contributed by atoms with E-state index < -0.39 is 23.8 Å². The first-order valence-electron chi connectivity index (χ1n) is 8.74. The van der Waals surface area contributed by atoms with Crippen LogP contribution in [0, 0.1) is 11.3 Å². The zero-order chi connectivity index (χ0) is 21.1. The van der Waals surface area contributed by atoms with Gasteiger partial charge < -0.3 is 10.1 Å². The Labute approximate surface area is 168 Å². The zero-order valence-electron chi connectivity index (χ0n) is 15.7. The van der Waals surface area contributed by atoms with Gasteiger partial charge in [0.1, 0.15) is 17.9 Å². The predicted molar refractivity (Wildman–Crippen MR) is 106 cm³/mol. The van der Waals surface area contributed by atoms with Crippen LogP contribution >= 0.6 is 0 Å². The molecule has 3 N–H and O–H groups in total. The minimum atomic E-state index is -0.872. The van der Waals surface area contributed by atoms with Crippen molar-refractivity contribution in [2.75, 3.05) is 6.61 Å². The molecule has 29 heavy (non-hydrogen) atoms. The highest BCUT2D eigenvalue weighted by molar-refractivity contribution is 5.95. The normalized spacial score (nSPS) is 11.2. The number of hydrogen-bond acceptors (Lipinski definition) is 5. The molecular formula is C21H20N4O4. The van der Waals surface area contributed by atoms with E-state index in [1.807, 2.05) is 36.4 Å². The highest BCUT2D eigenvalue weighted by Gasteiger charge is 2.15. The van der Waals surface area contributed by atoms with Gasteiger partial charge in [-0.05, 0) is 30.7 Å². The molecule has 0 saturated carbocycles. The van der Waals surface area contributed by atoms with Crippen molar-refractivity contribution in [2.24, 2.45) is 0 Å². The van der Waals surface area contributed by atoms with Crippen LogP contribution in [0.25, 0.3) is 6.08 Å². The van der Waals surface area contributed by atoms with Gasteiger partial charge in [0.15, 0.2) is 6.61 Å². The van der Waals surface area contributed by atoms with Crippen molar-refractivity contribution >= 4 is 23.8 Å². The maximum Gasteiger partial charge on any atom is 0.276 e. The second-order valence-electron chi connectivity index (χ2n) is 5.91. The Balaban J connectivity index is 1.73. The van der Waals surface area contributed by atoms with Gasteiger partial charge in [0.05, 0.1) is 5.56 Å². The molecule has 8 heteroatoms. The molecule has 0 aliphatic heterocycles. The van der Waals surface area contributed by atoms with Crippen molar-refractivity contribution in [1.29, 1.82) is 5.26 Å². The molecule has 1 atom stereocenters. The summed E-state index contributed by atoms with van der Waals surface area (Å²) in [7, 11) is 0. The Morgan fingerprint density at radius 1 is 1.07 bits per heavy atom. The molecule has 0 unspecified atom stereocenters. The number of carbonyl (C=O) groups is 3. The third-order valence-electron chi connectivity index (χ3n) is 3.67. The van der Waals surface area contributed by atoms with E-state index in [4.69, 9.17) is 10.00 Å². The van der Waals surface area contributed by atoms with Crippen LogP contribution in [0.4, 0.5) is 0 Å². The van der Waals surface area contributed by atoms with Gasteiger partial charge >= 0.3 is 0 Å². The van der Waals surface area contributed by atoms with Crippen LogP contribution in [0.3, 0.4) is 0 Å². The molecule has 2 aromatic carbocycles. The quantitative estimate of drug-likeness (QED) is 0.485. The molecule has 2 aromatic rings. The standard InChI is InChI=1S/C21H20N4O4/c1-15(23-19(26)12-11-16-7-3-2-4-8-16)21(28)25-24-20(27)14-29-18-10-6-5-9-17(18)13-22/h2-12,15H,14H2,1H3,(H,23,26)(H,24,27)(H,25,28)/b12-11-/t15-/m1/s1. The van der Waals surface area contributed by atoms with Crippen LogP contribution in [0.1, 0.15) is 18.1 Å². The average molecular weight is 392 g/mol. The summed E-state index contributed by atoms with van der Waals surface area (Å²) in [6.45, 7) is 1.09. The van der Waals surface area contributed by atoms with Crippen LogP contribution in [0.2, 0.25) is 0 Å². The van der Waals surface area contributed by atoms with E-state index in [0.717, 1.165) is 5.56 Å². The summed E-state index contributed by atoms with van der Waals surface area (Å²) < 4.78 is 5.26. The highest BCUT2D eigenvalue weighted by Crippen LogP contribution is 2.15. The Hall–Kier alpha value is -4.12. The highest BCUT2D eigenvalue weighted by atomic mass is 16.5. The van der Waals surface area contributed by atoms with Crippen LogP contribution in [0.5, 0.6) is 5.75 Å². The molecule has 0 saturated heterocycles. The van der Waals surface area contributed by atoms with Gasteiger partial charge in [0.25, 0.3) is 11.8 Å². The van der Waals surface area contributed by atoms with Gasteiger partial charge in [0, 0.05) is 6.08 Å². The van der Waals surface area contributed by atoms with E-state index >= 15 is 0 Å². The number of nitrogens with zero attached hydrogens (tertiary/aromatic N) is 1. The predicted octanol–water partition coefficient (Wildman–Crippen LogP) is 1.30. The third-order valence-corrected chi connectivity index (χ3v) is 3.67. The number of hydrogen-bond donors (Lipinski definition) is 3. The first-order chi connectivity index (χ1) is 14.0. The molecule has 8 nitrogen and oxygen atoms in total. The maximum atomic E-state index is 12.0. The largest absolute Gasteiger partial charge is 0.482 e. The Kier molecular flexibility index (Phi) is 7.96. The number of benzene rings is 2. The number of rotatable bonds is 7. The van der Waals surface area contributed by atoms with E-state index in [2.05, 4.69) is 16.2 Å². The van der Waals surface area contributed by atoms with E-state index in [1.54, 1.807) is 30.3 Å². The molecule has 0 radical (unpaired) electrons. The second-order valence-corrected chi connectivity index (χ2v) is 5.91. The van der Waals surface area contributed by atoms with Crippen molar-refractivity contribution in [1.82, 2.24) is 16.2 Å². The average Bonchev–Trinajstić information content (AvgIpc) is 2.75. The fraction of sp³-hybridized carbons (Fsp3) is 0.143. The summed E-state index contributed by atoms with van der Waals surface area (Å²) in [6, 6.07) is 16.8. The smallest absolute Gasteiger partial charge is 0.276 e.